The Morgan fingerprint density at radius 1 is 1.47 bits per heavy atom. The van der Waals surface area contributed by atoms with Crippen LogP contribution in [0.5, 0.6) is 0 Å². The van der Waals surface area contributed by atoms with E-state index in [-0.39, 0.29) is 0 Å². The summed E-state index contributed by atoms with van der Waals surface area (Å²) in [5.41, 5.74) is 1.16. The highest BCUT2D eigenvalue weighted by molar-refractivity contribution is 9.10. The lowest BCUT2D eigenvalue weighted by Crippen LogP contribution is -2.20. The Balaban J connectivity index is 2.44. The van der Waals surface area contributed by atoms with Crippen molar-refractivity contribution < 1.29 is 0 Å². The maximum atomic E-state index is 6.11. The van der Waals surface area contributed by atoms with E-state index in [1.165, 1.54) is 6.42 Å². The molecule has 0 fully saturated rings. The average Bonchev–Trinajstić information content (AvgIpc) is 2.21. The van der Waals surface area contributed by atoms with Crippen LogP contribution < -0.4 is 5.32 Å². The summed E-state index contributed by atoms with van der Waals surface area (Å²) < 4.78 is 1.03. The SMILES string of the molecule is CCC(C)CNCc1ccc(Br)cc1Cl. The van der Waals surface area contributed by atoms with Crippen LogP contribution in [-0.2, 0) is 6.54 Å². The maximum Gasteiger partial charge on any atom is 0.0462 e. The first-order valence-corrected chi connectivity index (χ1v) is 6.45. The normalized spacial score (nSPS) is 12.8. The van der Waals surface area contributed by atoms with Crippen molar-refractivity contribution in [2.24, 2.45) is 5.92 Å². The van der Waals surface area contributed by atoms with E-state index in [2.05, 4.69) is 41.2 Å². The Morgan fingerprint density at radius 2 is 2.20 bits per heavy atom. The maximum absolute atomic E-state index is 6.11. The van der Waals surface area contributed by atoms with Crippen LogP contribution in [0, 0.1) is 5.92 Å². The molecule has 1 unspecified atom stereocenters. The topological polar surface area (TPSA) is 12.0 Å². The van der Waals surface area contributed by atoms with Crippen molar-refractivity contribution in [2.45, 2.75) is 26.8 Å². The summed E-state index contributed by atoms with van der Waals surface area (Å²) in [7, 11) is 0. The molecule has 0 bridgehead atoms. The molecule has 1 aromatic rings. The molecule has 0 spiro atoms. The first-order valence-electron chi connectivity index (χ1n) is 5.28. The van der Waals surface area contributed by atoms with Crippen molar-refractivity contribution >= 4 is 27.5 Å². The molecule has 0 heterocycles. The minimum Gasteiger partial charge on any atom is -0.312 e. The highest BCUT2D eigenvalue weighted by Gasteiger charge is 2.02. The van der Waals surface area contributed by atoms with E-state index >= 15 is 0 Å². The molecule has 0 aliphatic heterocycles. The van der Waals surface area contributed by atoms with Crippen molar-refractivity contribution in [3.63, 3.8) is 0 Å². The van der Waals surface area contributed by atoms with Gasteiger partial charge in [-0.2, -0.15) is 0 Å². The van der Waals surface area contributed by atoms with Gasteiger partial charge in [-0.1, -0.05) is 53.9 Å². The standard InChI is InChI=1S/C12H17BrClN/c1-3-9(2)7-15-8-10-4-5-11(13)6-12(10)14/h4-6,9,15H,3,7-8H2,1-2H3. The number of hydrogen-bond acceptors (Lipinski definition) is 1. The molecule has 15 heavy (non-hydrogen) atoms. The fraction of sp³-hybridized carbons (Fsp3) is 0.500. The first-order chi connectivity index (χ1) is 7.13. The number of hydrogen-bond donors (Lipinski definition) is 1. The van der Waals surface area contributed by atoms with Gasteiger partial charge >= 0.3 is 0 Å². The molecule has 1 nitrogen and oxygen atoms in total. The van der Waals surface area contributed by atoms with E-state index in [0.29, 0.717) is 0 Å². The molecule has 1 atom stereocenters. The van der Waals surface area contributed by atoms with E-state index in [9.17, 15) is 0 Å². The zero-order valence-electron chi connectivity index (χ0n) is 9.19. The minimum atomic E-state index is 0.722. The third-order valence-corrected chi connectivity index (χ3v) is 3.37. The quantitative estimate of drug-likeness (QED) is 0.855. The number of benzene rings is 1. The van der Waals surface area contributed by atoms with Crippen LogP contribution in [-0.4, -0.2) is 6.54 Å². The average molecular weight is 291 g/mol. The first kappa shape index (κ1) is 13.0. The second-order valence-electron chi connectivity index (χ2n) is 3.88. The van der Waals surface area contributed by atoms with Gasteiger partial charge in [0.1, 0.15) is 0 Å². The van der Waals surface area contributed by atoms with Gasteiger partial charge in [-0.15, -0.1) is 0 Å². The van der Waals surface area contributed by atoms with Gasteiger partial charge in [0, 0.05) is 16.0 Å². The molecular formula is C12H17BrClN. The molecule has 1 N–H and O–H groups in total. The predicted molar refractivity (Wildman–Crippen MR) is 70.3 cm³/mol. The molecular weight excluding hydrogens is 273 g/mol. The van der Waals surface area contributed by atoms with E-state index < -0.39 is 0 Å². The highest BCUT2D eigenvalue weighted by Crippen LogP contribution is 2.21. The lowest BCUT2D eigenvalue weighted by molar-refractivity contribution is 0.500. The molecule has 0 saturated heterocycles. The Morgan fingerprint density at radius 3 is 2.80 bits per heavy atom. The molecule has 3 heteroatoms. The Labute approximate surface area is 105 Å². The molecule has 1 aromatic carbocycles. The second-order valence-corrected chi connectivity index (χ2v) is 5.20. The van der Waals surface area contributed by atoms with Crippen molar-refractivity contribution in [1.29, 1.82) is 0 Å². The van der Waals surface area contributed by atoms with Crippen LogP contribution in [0.1, 0.15) is 25.8 Å². The third-order valence-electron chi connectivity index (χ3n) is 2.52. The van der Waals surface area contributed by atoms with Crippen LogP contribution in [0.25, 0.3) is 0 Å². The zero-order chi connectivity index (χ0) is 11.3. The van der Waals surface area contributed by atoms with Gasteiger partial charge in [-0.25, -0.2) is 0 Å². The van der Waals surface area contributed by atoms with Gasteiger partial charge in [0.25, 0.3) is 0 Å². The monoisotopic (exact) mass is 289 g/mol. The summed E-state index contributed by atoms with van der Waals surface area (Å²) in [5, 5.41) is 4.23. The van der Waals surface area contributed by atoms with Crippen molar-refractivity contribution in [3.8, 4) is 0 Å². The molecule has 0 aromatic heterocycles. The molecule has 0 aliphatic rings. The number of rotatable bonds is 5. The lowest BCUT2D eigenvalue weighted by atomic mass is 10.1. The zero-order valence-corrected chi connectivity index (χ0v) is 11.5. The van der Waals surface area contributed by atoms with E-state index in [4.69, 9.17) is 11.6 Å². The summed E-state index contributed by atoms with van der Waals surface area (Å²) >= 11 is 9.50. The summed E-state index contributed by atoms with van der Waals surface area (Å²) in [5.74, 6) is 0.722. The summed E-state index contributed by atoms with van der Waals surface area (Å²) in [6.07, 6.45) is 1.21. The summed E-state index contributed by atoms with van der Waals surface area (Å²) in [4.78, 5) is 0. The van der Waals surface area contributed by atoms with Crippen LogP contribution in [0.2, 0.25) is 5.02 Å². The smallest absolute Gasteiger partial charge is 0.0462 e. The largest absolute Gasteiger partial charge is 0.312 e. The van der Waals surface area contributed by atoms with E-state index in [0.717, 1.165) is 34.1 Å². The molecule has 84 valence electrons. The van der Waals surface area contributed by atoms with Crippen LogP contribution in [0.15, 0.2) is 22.7 Å². The van der Waals surface area contributed by atoms with Crippen LogP contribution in [0.4, 0.5) is 0 Å². The van der Waals surface area contributed by atoms with Crippen LogP contribution >= 0.6 is 27.5 Å². The molecule has 0 radical (unpaired) electrons. The van der Waals surface area contributed by atoms with E-state index in [1.54, 1.807) is 0 Å². The Bertz CT molecular complexity index is 314. The van der Waals surface area contributed by atoms with Crippen molar-refractivity contribution in [3.05, 3.63) is 33.3 Å². The van der Waals surface area contributed by atoms with Gasteiger partial charge in [0.05, 0.1) is 0 Å². The number of nitrogens with one attached hydrogen (secondary N) is 1. The molecule has 0 saturated carbocycles. The summed E-state index contributed by atoms with van der Waals surface area (Å²) in [6.45, 7) is 6.34. The summed E-state index contributed by atoms with van der Waals surface area (Å²) in [6, 6.07) is 6.00. The number of halogens is 2. The minimum absolute atomic E-state index is 0.722. The van der Waals surface area contributed by atoms with Gasteiger partial charge in [0.2, 0.25) is 0 Å². The van der Waals surface area contributed by atoms with Crippen LogP contribution in [0.3, 0.4) is 0 Å². The fourth-order valence-corrected chi connectivity index (χ4v) is 2.00. The van der Waals surface area contributed by atoms with Crippen molar-refractivity contribution in [2.75, 3.05) is 6.54 Å². The third kappa shape index (κ3) is 4.54. The van der Waals surface area contributed by atoms with Crippen molar-refractivity contribution in [1.82, 2.24) is 5.32 Å². The lowest BCUT2D eigenvalue weighted by Gasteiger charge is -2.11. The fourth-order valence-electron chi connectivity index (χ4n) is 1.26. The van der Waals surface area contributed by atoms with Gasteiger partial charge in [-0.05, 0) is 30.2 Å². The molecule has 0 amide bonds. The Kier molecular flexibility index (Phi) is 5.65. The van der Waals surface area contributed by atoms with E-state index in [1.807, 2.05) is 12.1 Å². The second kappa shape index (κ2) is 6.51. The highest BCUT2D eigenvalue weighted by atomic mass is 79.9. The predicted octanol–water partition coefficient (Wildman–Crippen LogP) is 4.24. The molecule has 0 aliphatic carbocycles. The van der Waals surface area contributed by atoms with Gasteiger partial charge in [0.15, 0.2) is 0 Å². The Hall–Kier alpha value is -0.0500. The molecule has 1 rings (SSSR count). The van der Waals surface area contributed by atoms with Gasteiger partial charge < -0.3 is 5.32 Å². The van der Waals surface area contributed by atoms with Gasteiger partial charge in [-0.3, -0.25) is 0 Å².